The number of hydrogen-bond acceptors (Lipinski definition) is 13. The molecule has 1 aromatic heterocycles. The van der Waals surface area contributed by atoms with Gasteiger partial charge in [-0.25, -0.2) is 0 Å². The number of ketones is 1. The standard InChI is InChI=1S/C59H64ClNO12S/c1-58(2,3)45-34-50(46(59(4,5)6)33-49(45)69-9)73-57(67)39-16-14-38(15-17-39)56(66)72-48-29-27-44(32-40(48)20-28-47(62)51-30-31-52(60)74-51)71-55(65)37-12-10-36(11-13-37)54(64)70-43-25-21-41(22-26-43)61(7)53(63)35-18-23-42(68-8)24-19-35/h18-34,36-39H,10-17H2,1-9H3/b28-20+. The van der Waals surface area contributed by atoms with Crippen LogP contribution in [0.3, 0.4) is 0 Å². The van der Waals surface area contributed by atoms with Gasteiger partial charge in [-0.1, -0.05) is 53.1 Å². The number of carbonyl (C=O) groups excluding carboxylic acids is 6. The quantitative estimate of drug-likeness (QED) is 0.0423. The zero-order valence-electron chi connectivity index (χ0n) is 43.4. The highest BCUT2D eigenvalue weighted by Crippen LogP contribution is 2.43. The maximum Gasteiger partial charge on any atom is 0.314 e. The van der Waals surface area contributed by atoms with E-state index in [1.807, 2.05) is 12.1 Å². The highest BCUT2D eigenvalue weighted by molar-refractivity contribution is 7.18. The molecule has 0 bridgehead atoms. The normalized spacial score (nSPS) is 18.0. The fraction of sp³-hybridized carbons (Fsp3) is 0.390. The number of anilines is 1. The van der Waals surface area contributed by atoms with Crippen molar-refractivity contribution < 1.29 is 57.2 Å². The Labute approximate surface area is 442 Å². The van der Waals surface area contributed by atoms with Gasteiger partial charge < -0.3 is 33.3 Å². The summed E-state index contributed by atoms with van der Waals surface area (Å²) in [4.78, 5) is 82.4. The maximum atomic E-state index is 13.8. The topological polar surface area (TPSA) is 161 Å². The molecule has 0 N–H and O–H groups in total. The third kappa shape index (κ3) is 13.7. The number of ether oxygens (including phenoxy) is 6. The van der Waals surface area contributed by atoms with E-state index < -0.39 is 41.6 Å². The van der Waals surface area contributed by atoms with Gasteiger partial charge in [0.25, 0.3) is 5.91 Å². The number of hydrogen-bond donors (Lipinski definition) is 0. The molecule has 1 amide bonds. The van der Waals surface area contributed by atoms with Gasteiger partial charge in [0.15, 0.2) is 5.78 Å². The molecule has 390 valence electrons. The van der Waals surface area contributed by atoms with E-state index in [2.05, 4.69) is 41.5 Å². The minimum atomic E-state index is -0.495. The summed E-state index contributed by atoms with van der Waals surface area (Å²) < 4.78 is 35.1. The van der Waals surface area contributed by atoms with Gasteiger partial charge in [-0.05, 0) is 165 Å². The molecule has 13 nitrogen and oxygen atoms in total. The number of carbonyl (C=O) groups is 6. The third-order valence-electron chi connectivity index (χ3n) is 13.6. The smallest absolute Gasteiger partial charge is 0.314 e. The van der Waals surface area contributed by atoms with Gasteiger partial charge >= 0.3 is 23.9 Å². The molecule has 2 aliphatic carbocycles. The van der Waals surface area contributed by atoms with Crippen molar-refractivity contribution in [2.75, 3.05) is 26.2 Å². The Morgan fingerprint density at radius 1 is 0.541 bits per heavy atom. The largest absolute Gasteiger partial charge is 0.497 e. The lowest BCUT2D eigenvalue weighted by Crippen LogP contribution is -2.31. The molecule has 74 heavy (non-hydrogen) atoms. The predicted octanol–water partition coefficient (Wildman–Crippen LogP) is 12.8. The maximum absolute atomic E-state index is 13.8. The Bertz CT molecular complexity index is 2890. The molecule has 0 unspecified atom stereocenters. The van der Waals surface area contributed by atoms with Crippen LogP contribution in [0.2, 0.25) is 4.34 Å². The van der Waals surface area contributed by atoms with Crippen LogP contribution < -0.4 is 33.3 Å². The number of halogens is 1. The van der Waals surface area contributed by atoms with Crippen molar-refractivity contribution in [3.05, 3.63) is 129 Å². The van der Waals surface area contributed by atoms with Crippen molar-refractivity contribution in [1.82, 2.24) is 0 Å². The molecule has 0 saturated heterocycles. The monoisotopic (exact) mass is 1050 g/mol. The number of methoxy groups -OCH3 is 2. The second-order valence-electron chi connectivity index (χ2n) is 20.9. The molecule has 2 fully saturated rings. The molecule has 0 radical (unpaired) electrons. The first-order valence-corrected chi connectivity index (χ1v) is 26.0. The number of amides is 1. The van der Waals surface area contributed by atoms with Gasteiger partial charge in [0.2, 0.25) is 0 Å². The van der Waals surface area contributed by atoms with E-state index in [1.54, 1.807) is 81.9 Å². The summed E-state index contributed by atoms with van der Waals surface area (Å²) in [5.74, 6) is -1.48. The van der Waals surface area contributed by atoms with Crippen LogP contribution in [0.15, 0.2) is 97.1 Å². The predicted molar refractivity (Wildman–Crippen MR) is 285 cm³/mol. The summed E-state index contributed by atoms with van der Waals surface area (Å²) in [6, 6.07) is 25.2. The Hall–Kier alpha value is -6.77. The number of nitrogens with zero attached hydrogens (tertiary/aromatic N) is 1. The fourth-order valence-corrected chi connectivity index (χ4v) is 10.2. The van der Waals surface area contributed by atoms with Crippen molar-refractivity contribution >= 4 is 70.3 Å². The van der Waals surface area contributed by atoms with Gasteiger partial charge in [0.1, 0.15) is 34.5 Å². The first kappa shape index (κ1) is 55.0. The average molecular weight is 1050 g/mol. The average Bonchev–Trinajstić information content (AvgIpc) is 3.83. The number of allylic oxidation sites excluding steroid dienone is 1. The number of rotatable bonds is 15. The molecular weight excluding hydrogens is 982 g/mol. The Balaban J connectivity index is 0.948. The van der Waals surface area contributed by atoms with Gasteiger partial charge in [-0.2, -0.15) is 0 Å². The molecule has 15 heteroatoms. The van der Waals surface area contributed by atoms with E-state index in [-0.39, 0.29) is 40.0 Å². The first-order valence-electron chi connectivity index (χ1n) is 24.9. The Morgan fingerprint density at radius 3 is 1.49 bits per heavy atom. The van der Waals surface area contributed by atoms with Crippen molar-refractivity contribution in [2.24, 2.45) is 23.7 Å². The second-order valence-corrected chi connectivity index (χ2v) is 22.6. The summed E-state index contributed by atoms with van der Waals surface area (Å²) >= 11 is 7.23. The van der Waals surface area contributed by atoms with E-state index in [0.29, 0.717) is 94.6 Å². The van der Waals surface area contributed by atoms with E-state index in [0.717, 1.165) is 28.2 Å². The van der Waals surface area contributed by atoms with Crippen molar-refractivity contribution in [3.63, 3.8) is 0 Å². The molecule has 2 saturated carbocycles. The SMILES string of the molecule is COc1ccc(C(=O)N(C)c2ccc(OC(=O)C3CCC(C(=O)Oc4ccc(OC(=O)C5CCC(C(=O)Oc6cc(C(C)(C)C)c(OC)cc6C(C)(C)C)CC5)c(/C=C/C(=O)c5ccc(Cl)s5)c4)CC3)cc2)cc1. The van der Waals surface area contributed by atoms with Crippen LogP contribution in [-0.4, -0.2) is 56.8 Å². The minimum absolute atomic E-state index is 0.163. The van der Waals surface area contributed by atoms with Crippen molar-refractivity contribution in [1.29, 1.82) is 0 Å². The lowest BCUT2D eigenvalue weighted by Gasteiger charge is -2.30. The van der Waals surface area contributed by atoms with Crippen LogP contribution >= 0.6 is 22.9 Å². The molecule has 0 atom stereocenters. The summed E-state index contributed by atoms with van der Waals surface area (Å²) in [5, 5.41) is 0. The van der Waals surface area contributed by atoms with Crippen molar-refractivity contribution in [2.45, 2.75) is 104 Å². The summed E-state index contributed by atoms with van der Waals surface area (Å²) in [6.45, 7) is 12.4. The van der Waals surface area contributed by atoms with Crippen LogP contribution in [-0.2, 0) is 30.0 Å². The lowest BCUT2D eigenvalue weighted by molar-refractivity contribution is -0.145. The molecule has 2 aliphatic rings. The van der Waals surface area contributed by atoms with Crippen LogP contribution in [0.5, 0.6) is 34.5 Å². The van der Waals surface area contributed by atoms with Crippen LogP contribution in [0.4, 0.5) is 5.69 Å². The van der Waals surface area contributed by atoms with E-state index in [1.165, 1.54) is 35.3 Å². The highest BCUT2D eigenvalue weighted by atomic mass is 35.5. The Kier molecular flexibility index (Phi) is 17.6. The lowest BCUT2D eigenvalue weighted by atomic mass is 9.80. The van der Waals surface area contributed by atoms with Crippen molar-refractivity contribution in [3.8, 4) is 34.5 Å². The van der Waals surface area contributed by atoms with Crippen LogP contribution in [0, 0.1) is 23.7 Å². The third-order valence-corrected chi connectivity index (χ3v) is 14.9. The highest BCUT2D eigenvalue weighted by Gasteiger charge is 2.36. The second kappa shape index (κ2) is 23.6. The molecule has 0 spiro atoms. The van der Waals surface area contributed by atoms with Gasteiger partial charge in [0.05, 0.1) is 47.1 Å². The van der Waals surface area contributed by atoms with Gasteiger partial charge in [-0.15, -0.1) is 11.3 Å². The van der Waals surface area contributed by atoms with E-state index in [4.69, 9.17) is 40.0 Å². The van der Waals surface area contributed by atoms with E-state index in [9.17, 15) is 28.8 Å². The number of thiophene rings is 1. The molecular formula is C59H64ClNO12S. The molecule has 7 rings (SSSR count). The summed E-state index contributed by atoms with van der Waals surface area (Å²) in [7, 11) is 4.86. The zero-order valence-corrected chi connectivity index (χ0v) is 45.0. The molecule has 1 heterocycles. The van der Waals surface area contributed by atoms with Crippen LogP contribution in [0.1, 0.15) is 130 Å². The minimum Gasteiger partial charge on any atom is -0.497 e. The Morgan fingerprint density at radius 2 is 1.00 bits per heavy atom. The first-order chi connectivity index (χ1) is 35.1. The molecule has 5 aromatic rings. The summed E-state index contributed by atoms with van der Waals surface area (Å²) in [5.41, 5.74) is 2.63. The number of benzene rings is 4. The van der Waals surface area contributed by atoms with Gasteiger partial charge in [0, 0.05) is 35.0 Å². The van der Waals surface area contributed by atoms with Gasteiger partial charge in [-0.3, -0.25) is 28.8 Å². The van der Waals surface area contributed by atoms with Crippen LogP contribution in [0.25, 0.3) is 6.08 Å². The van der Waals surface area contributed by atoms with E-state index >= 15 is 0 Å². The summed E-state index contributed by atoms with van der Waals surface area (Å²) in [6.07, 6.45) is 6.12. The molecule has 0 aliphatic heterocycles. The number of esters is 4. The zero-order chi connectivity index (χ0) is 53.5. The fourth-order valence-electron chi connectivity index (χ4n) is 9.19. The molecule has 4 aromatic carbocycles.